The average molecular weight is 286 g/mol. The van der Waals surface area contributed by atoms with Crippen LogP contribution in [0.25, 0.3) is 0 Å². The van der Waals surface area contributed by atoms with Crippen LogP contribution in [0.15, 0.2) is 22.8 Å². The first-order valence-corrected chi connectivity index (χ1v) is 5.42. The maximum atomic E-state index is 11.8. The van der Waals surface area contributed by atoms with Crippen LogP contribution in [0.2, 0.25) is 0 Å². The van der Waals surface area contributed by atoms with E-state index < -0.39 is 0 Å². The van der Waals surface area contributed by atoms with Crippen molar-refractivity contribution >= 4 is 27.7 Å². The molecule has 2 amide bonds. The summed E-state index contributed by atoms with van der Waals surface area (Å²) < 4.78 is 0.590. The van der Waals surface area contributed by atoms with Crippen LogP contribution in [0, 0.1) is 0 Å². The number of aromatic nitrogens is 1. The number of amides is 2. The molecule has 1 aromatic heterocycles. The van der Waals surface area contributed by atoms with Gasteiger partial charge in [0.25, 0.3) is 5.91 Å². The Labute approximate surface area is 102 Å². The van der Waals surface area contributed by atoms with E-state index in [1.165, 1.54) is 11.9 Å². The molecule has 16 heavy (non-hydrogen) atoms. The van der Waals surface area contributed by atoms with Gasteiger partial charge in [-0.05, 0) is 28.1 Å². The molecule has 0 spiro atoms. The van der Waals surface area contributed by atoms with Crippen molar-refractivity contribution in [1.82, 2.24) is 15.2 Å². The van der Waals surface area contributed by atoms with Gasteiger partial charge in [0.15, 0.2) is 0 Å². The molecule has 0 saturated carbocycles. The van der Waals surface area contributed by atoms with Gasteiger partial charge in [0.1, 0.15) is 10.3 Å². The number of likely N-dealkylation sites (N-methyl/N-ethyl adjacent to an activating group) is 2. The minimum absolute atomic E-state index is 0.0174. The molecule has 0 atom stereocenters. The SMILES string of the molecule is CNC(=O)CN(C)C(=O)c1cccc(Br)n1. The van der Waals surface area contributed by atoms with Crippen molar-refractivity contribution in [3.63, 3.8) is 0 Å². The van der Waals surface area contributed by atoms with Gasteiger partial charge < -0.3 is 10.2 Å². The van der Waals surface area contributed by atoms with Crippen LogP contribution in [0.3, 0.4) is 0 Å². The quantitative estimate of drug-likeness (QED) is 0.830. The smallest absolute Gasteiger partial charge is 0.272 e. The molecule has 0 aliphatic carbocycles. The van der Waals surface area contributed by atoms with E-state index in [0.29, 0.717) is 10.3 Å². The lowest BCUT2D eigenvalue weighted by Crippen LogP contribution is -2.37. The predicted octanol–water partition coefficient (Wildman–Crippen LogP) is 0.662. The van der Waals surface area contributed by atoms with Gasteiger partial charge in [-0.25, -0.2) is 4.98 Å². The minimum atomic E-state index is -0.287. The Hall–Kier alpha value is -1.43. The Morgan fingerprint density at radius 2 is 2.19 bits per heavy atom. The number of nitrogens with one attached hydrogen (secondary N) is 1. The molecule has 1 heterocycles. The van der Waals surface area contributed by atoms with Crippen molar-refractivity contribution < 1.29 is 9.59 Å². The van der Waals surface area contributed by atoms with Crippen LogP contribution in [0.1, 0.15) is 10.5 Å². The molecular weight excluding hydrogens is 274 g/mol. The molecular formula is C10H12BrN3O2. The lowest BCUT2D eigenvalue weighted by molar-refractivity contribution is -0.121. The summed E-state index contributed by atoms with van der Waals surface area (Å²) in [5.41, 5.74) is 0.306. The topological polar surface area (TPSA) is 62.3 Å². The Kier molecular flexibility index (Phi) is 4.42. The summed E-state index contributed by atoms with van der Waals surface area (Å²) in [6.45, 7) is 0.0174. The molecule has 0 fully saturated rings. The summed E-state index contributed by atoms with van der Waals surface area (Å²) in [4.78, 5) is 28.2. The van der Waals surface area contributed by atoms with Crippen molar-refractivity contribution in [2.75, 3.05) is 20.6 Å². The first-order valence-electron chi connectivity index (χ1n) is 4.63. The third-order valence-corrected chi connectivity index (χ3v) is 2.38. The Morgan fingerprint density at radius 3 is 2.75 bits per heavy atom. The fourth-order valence-corrected chi connectivity index (χ4v) is 1.43. The maximum absolute atomic E-state index is 11.8. The minimum Gasteiger partial charge on any atom is -0.358 e. The molecule has 0 radical (unpaired) electrons. The number of pyridine rings is 1. The lowest BCUT2D eigenvalue weighted by Gasteiger charge is -2.15. The summed E-state index contributed by atoms with van der Waals surface area (Å²) >= 11 is 3.18. The van der Waals surface area contributed by atoms with Crippen molar-refractivity contribution in [2.45, 2.75) is 0 Å². The summed E-state index contributed by atoms with van der Waals surface area (Å²) in [6.07, 6.45) is 0. The van der Waals surface area contributed by atoms with Gasteiger partial charge in [0.05, 0.1) is 6.54 Å². The second-order valence-electron chi connectivity index (χ2n) is 3.18. The van der Waals surface area contributed by atoms with Crippen LogP contribution in [-0.2, 0) is 4.79 Å². The molecule has 0 unspecified atom stereocenters. The summed E-state index contributed by atoms with van der Waals surface area (Å²) in [6, 6.07) is 5.06. The van der Waals surface area contributed by atoms with Crippen molar-refractivity contribution in [2.24, 2.45) is 0 Å². The van der Waals surface area contributed by atoms with E-state index in [0.717, 1.165) is 0 Å². The van der Waals surface area contributed by atoms with Gasteiger partial charge in [-0.1, -0.05) is 6.07 Å². The van der Waals surface area contributed by atoms with Gasteiger partial charge in [-0.2, -0.15) is 0 Å². The molecule has 0 saturated heterocycles. The van der Waals surface area contributed by atoms with Crippen LogP contribution >= 0.6 is 15.9 Å². The zero-order valence-corrected chi connectivity index (χ0v) is 10.6. The molecule has 0 aromatic carbocycles. The van der Waals surface area contributed by atoms with E-state index in [2.05, 4.69) is 26.2 Å². The number of nitrogens with zero attached hydrogens (tertiary/aromatic N) is 2. The van der Waals surface area contributed by atoms with Gasteiger partial charge in [0.2, 0.25) is 5.91 Å². The van der Waals surface area contributed by atoms with E-state index in [9.17, 15) is 9.59 Å². The van der Waals surface area contributed by atoms with Gasteiger partial charge in [0, 0.05) is 14.1 Å². The van der Waals surface area contributed by atoms with Gasteiger partial charge in [-0.15, -0.1) is 0 Å². The highest BCUT2D eigenvalue weighted by atomic mass is 79.9. The highest BCUT2D eigenvalue weighted by Crippen LogP contribution is 2.07. The van der Waals surface area contributed by atoms with E-state index in [-0.39, 0.29) is 18.4 Å². The molecule has 1 rings (SSSR count). The highest BCUT2D eigenvalue weighted by Gasteiger charge is 2.15. The Morgan fingerprint density at radius 1 is 1.50 bits per heavy atom. The van der Waals surface area contributed by atoms with Gasteiger partial charge in [-0.3, -0.25) is 9.59 Å². The van der Waals surface area contributed by atoms with Crippen LogP contribution in [0.5, 0.6) is 0 Å². The van der Waals surface area contributed by atoms with E-state index >= 15 is 0 Å². The molecule has 0 bridgehead atoms. The highest BCUT2D eigenvalue weighted by molar-refractivity contribution is 9.10. The third kappa shape index (κ3) is 3.30. The molecule has 1 aromatic rings. The van der Waals surface area contributed by atoms with Crippen LogP contribution in [0.4, 0.5) is 0 Å². The monoisotopic (exact) mass is 285 g/mol. The zero-order chi connectivity index (χ0) is 12.1. The number of hydrogen-bond acceptors (Lipinski definition) is 3. The van der Waals surface area contributed by atoms with Gasteiger partial charge >= 0.3 is 0 Å². The standard InChI is InChI=1S/C10H12BrN3O2/c1-12-9(15)6-14(2)10(16)7-4-3-5-8(11)13-7/h3-5H,6H2,1-2H3,(H,12,15). The molecule has 0 aliphatic heterocycles. The second kappa shape index (κ2) is 5.60. The van der Waals surface area contributed by atoms with E-state index in [1.54, 1.807) is 25.2 Å². The largest absolute Gasteiger partial charge is 0.358 e. The summed E-state index contributed by atoms with van der Waals surface area (Å²) in [7, 11) is 3.08. The predicted molar refractivity (Wildman–Crippen MR) is 63.0 cm³/mol. The van der Waals surface area contributed by atoms with E-state index in [1.807, 2.05) is 0 Å². The fraction of sp³-hybridized carbons (Fsp3) is 0.300. The van der Waals surface area contributed by atoms with Crippen LogP contribution in [-0.4, -0.2) is 42.3 Å². The van der Waals surface area contributed by atoms with Crippen molar-refractivity contribution in [3.05, 3.63) is 28.5 Å². The van der Waals surface area contributed by atoms with Crippen LogP contribution < -0.4 is 5.32 Å². The number of hydrogen-bond donors (Lipinski definition) is 1. The molecule has 6 heteroatoms. The number of halogens is 1. The Bertz CT molecular complexity index is 409. The Balaban J connectivity index is 2.74. The third-order valence-electron chi connectivity index (χ3n) is 1.94. The first kappa shape index (κ1) is 12.6. The van der Waals surface area contributed by atoms with E-state index in [4.69, 9.17) is 0 Å². The lowest BCUT2D eigenvalue weighted by atomic mass is 10.3. The zero-order valence-electron chi connectivity index (χ0n) is 9.03. The fourth-order valence-electron chi connectivity index (χ4n) is 1.09. The number of carbonyl (C=O) groups excluding carboxylic acids is 2. The number of rotatable bonds is 3. The normalized spacial score (nSPS) is 9.69. The summed E-state index contributed by atoms with van der Waals surface area (Å²) in [5.74, 6) is -0.504. The molecule has 86 valence electrons. The van der Waals surface area contributed by atoms with Crippen molar-refractivity contribution in [1.29, 1.82) is 0 Å². The first-order chi connectivity index (χ1) is 7.54. The van der Waals surface area contributed by atoms with Crippen molar-refractivity contribution in [3.8, 4) is 0 Å². The maximum Gasteiger partial charge on any atom is 0.272 e. The summed E-state index contributed by atoms with van der Waals surface area (Å²) in [5, 5.41) is 2.45. The average Bonchev–Trinajstić information content (AvgIpc) is 2.27. The molecule has 1 N–H and O–H groups in total. The number of carbonyl (C=O) groups is 2. The molecule has 0 aliphatic rings. The molecule has 5 nitrogen and oxygen atoms in total. The second-order valence-corrected chi connectivity index (χ2v) is 3.99.